The molecule has 5 heteroatoms. The Bertz CT molecular complexity index is 799. The van der Waals surface area contributed by atoms with Crippen LogP contribution >= 0.6 is 0 Å². The number of anilines is 1. The quantitative estimate of drug-likeness (QED) is 0.912. The van der Waals surface area contributed by atoms with Gasteiger partial charge in [0, 0.05) is 18.2 Å². The number of carbonyl (C=O) groups excluding carboxylic acids is 2. The molecule has 2 aromatic rings. The second-order valence-corrected chi connectivity index (χ2v) is 6.15. The summed E-state index contributed by atoms with van der Waals surface area (Å²) in [6, 6.07) is 13.0. The second kappa shape index (κ2) is 6.97. The largest absolute Gasteiger partial charge is 0.497 e. The summed E-state index contributed by atoms with van der Waals surface area (Å²) < 4.78 is 5.17. The molecule has 3 rings (SSSR count). The first-order valence-electron chi connectivity index (χ1n) is 8.37. The molecule has 130 valence electrons. The van der Waals surface area contributed by atoms with E-state index >= 15 is 0 Å². The number of hydrogen-bond donors (Lipinski definition) is 1. The van der Waals surface area contributed by atoms with Crippen molar-refractivity contribution in [3.8, 4) is 5.75 Å². The van der Waals surface area contributed by atoms with E-state index in [0.29, 0.717) is 6.54 Å². The monoisotopic (exact) mass is 338 g/mol. The van der Waals surface area contributed by atoms with Crippen LogP contribution in [0.1, 0.15) is 36.6 Å². The van der Waals surface area contributed by atoms with Crippen molar-refractivity contribution in [1.29, 1.82) is 0 Å². The van der Waals surface area contributed by atoms with E-state index < -0.39 is 6.04 Å². The third-order valence-electron chi connectivity index (χ3n) is 4.46. The van der Waals surface area contributed by atoms with Crippen molar-refractivity contribution in [1.82, 2.24) is 5.32 Å². The van der Waals surface area contributed by atoms with Gasteiger partial charge in [-0.15, -0.1) is 0 Å². The molecule has 0 aliphatic carbocycles. The topological polar surface area (TPSA) is 58.6 Å². The summed E-state index contributed by atoms with van der Waals surface area (Å²) in [4.78, 5) is 26.2. The number of amides is 2. The fraction of sp³-hybridized carbons (Fsp3) is 0.300. The number of hydrogen-bond acceptors (Lipinski definition) is 3. The molecule has 1 aliphatic heterocycles. The highest BCUT2D eigenvalue weighted by molar-refractivity contribution is 6.06. The lowest BCUT2D eigenvalue weighted by Gasteiger charge is -2.18. The molecular weight excluding hydrogens is 316 g/mol. The number of methoxy groups -OCH3 is 1. The Hall–Kier alpha value is -2.82. The number of rotatable bonds is 5. The summed E-state index contributed by atoms with van der Waals surface area (Å²) in [5.74, 6) is 0.465. The van der Waals surface area contributed by atoms with Gasteiger partial charge in [-0.25, -0.2) is 0 Å². The molecule has 2 amide bonds. The molecule has 0 unspecified atom stereocenters. The summed E-state index contributed by atoms with van der Waals surface area (Å²) in [5.41, 5.74) is 3.88. The lowest BCUT2D eigenvalue weighted by molar-refractivity contribution is -0.126. The van der Waals surface area contributed by atoms with Gasteiger partial charge in [0.1, 0.15) is 11.8 Å². The van der Waals surface area contributed by atoms with Gasteiger partial charge in [0.05, 0.1) is 13.7 Å². The van der Waals surface area contributed by atoms with Crippen molar-refractivity contribution in [2.75, 3.05) is 12.0 Å². The zero-order valence-electron chi connectivity index (χ0n) is 14.7. The fourth-order valence-corrected chi connectivity index (χ4v) is 3.13. The molecule has 0 spiro atoms. The lowest BCUT2D eigenvalue weighted by Crippen LogP contribution is -2.36. The molecule has 1 N–H and O–H groups in total. The van der Waals surface area contributed by atoms with E-state index in [-0.39, 0.29) is 11.8 Å². The van der Waals surface area contributed by atoms with Crippen LogP contribution in [0.2, 0.25) is 0 Å². The van der Waals surface area contributed by atoms with Gasteiger partial charge in [-0.2, -0.15) is 0 Å². The third kappa shape index (κ3) is 3.36. The summed E-state index contributed by atoms with van der Waals surface area (Å²) in [5, 5.41) is 2.78. The van der Waals surface area contributed by atoms with E-state index in [1.165, 1.54) is 6.92 Å². The molecule has 0 aromatic heterocycles. The van der Waals surface area contributed by atoms with Crippen LogP contribution in [0.25, 0.3) is 0 Å². The van der Waals surface area contributed by atoms with E-state index in [4.69, 9.17) is 4.74 Å². The van der Waals surface area contributed by atoms with Gasteiger partial charge in [-0.05, 0) is 35.7 Å². The molecule has 1 heterocycles. The van der Waals surface area contributed by atoms with Crippen molar-refractivity contribution in [3.05, 3.63) is 59.2 Å². The van der Waals surface area contributed by atoms with Gasteiger partial charge >= 0.3 is 0 Å². The van der Waals surface area contributed by atoms with Crippen molar-refractivity contribution in [2.45, 2.75) is 32.9 Å². The van der Waals surface area contributed by atoms with Crippen LogP contribution in [0.5, 0.6) is 5.75 Å². The highest BCUT2D eigenvalue weighted by Crippen LogP contribution is 2.37. The summed E-state index contributed by atoms with van der Waals surface area (Å²) in [7, 11) is 1.62. The van der Waals surface area contributed by atoms with Crippen LogP contribution < -0.4 is 15.0 Å². The van der Waals surface area contributed by atoms with Gasteiger partial charge < -0.3 is 15.0 Å². The van der Waals surface area contributed by atoms with Gasteiger partial charge in [0.2, 0.25) is 5.91 Å². The maximum absolute atomic E-state index is 12.9. The lowest BCUT2D eigenvalue weighted by atomic mass is 10.0. The maximum Gasteiger partial charge on any atom is 0.254 e. The van der Waals surface area contributed by atoms with Gasteiger partial charge in [0.15, 0.2) is 0 Å². The van der Waals surface area contributed by atoms with Crippen LogP contribution in [0.4, 0.5) is 5.69 Å². The van der Waals surface area contributed by atoms with Crippen molar-refractivity contribution in [3.63, 3.8) is 0 Å². The van der Waals surface area contributed by atoms with Gasteiger partial charge in [-0.3, -0.25) is 9.59 Å². The molecule has 0 radical (unpaired) electrons. The van der Waals surface area contributed by atoms with E-state index in [1.54, 1.807) is 12.0 Å². The van der Waals surface area contributed by atoms with Crippen LogP contribution in [0.3, 0.4) is 0 Å². The zero-order valence-corrected chi connectivity index (χ0v) is 14.7. The number of fused-ring (bicyclic) bond motifs is 1. The Morgan fingerprint density at radius 3 is 2.44 bits per heavy atom. The average molecular weight is 338 g/mol. The molecule has 1 aliphatic rings. The zero-order chi connectivity index (χ0) is 18.0. The van der Waals surface area contributed by atoms with Crippen molar-refractivity contribution < 1.29 is 14.3 Å². The third-order valence-corrected chi connectivity index (χ3v) is 4.46. The molecule has 1 atom stereocenters. The average Bonchev–Trinajstić information content (AvgIpc) is 2.87. The minimum atomic E-state index is -0.614. The number of nitrogens with one attached hydrogen (secondary N) is 1. The molecule has 0 fully saturated rings. The Kier molecular flexibility index (Phi) is 4.74. The Labute approximate surface area is 147 Å². The summed E-state index contributed by atoms with van der Waals surface area (Å²) >= 11 is 0. The first-order valence-corrected chi connectivity index (χ1v) is 8.37. The number of benzene rings is 2. The van der Waals surface area contributed by atoms with E-state index in [2.05, 4.69) is 12.2 Å². The number of ether oxygens (including phenoxy) is 1. The molecular formula is C20H22N2O3. The van der Waals surface area contributed by atoms with Gasteiger partial charge in [0.25, 0.3) is 5.91 Å². The van der Waals surface area contributed by atoms with Crippen LogP contribution in [0, 0.1) is 0 Å². The van der Waals surface area contributed by atoms with Crippen LogP contribution in [0.15, 0.2) is 42.5 Å². The SMILES string of the molecule is CCc1ccc2c(c1)[C@@H](NC(C)=O)C(=O)N2Cc1ccc(OC)cc1. The number of aryl methyl sites for hydroxylation is 1. The molecule has 5 nitrogen and oxygen atoms in total. The van der Waals surface area contributed by atoms with E-state index in [9.17, 15) is 9.59 Å². The van der Waals surface area contributed by atoms with Crippen LogP contribution in [-0.2, 0) is 22.6 Å². The Morgan fingerprint density at radius 1 is 1.16 bits per heavy atom. The summed E-state index contributed by atoms with van der Waals surface area (Å²) in [6.45, 7) is 3.96. The highest BCUT2D eigenvalue weighted by Gasteiger charge is 2.37. The molecule has 0 saturated heterocycles. The summed E-state index contributed by atoms with van der Waals surface area (Å²) in [6.07, 6.45) is 0.882. The fourth-order valence-electron chi connectivity index (χ4n) is 3.13. The normalized spacial score (nSPS) is 15.9. The molecule has 0 saturated carbocycles. The maximum atomic E-state index is 12.9. The van der Waals surface area contributed by atoms with Gasteiger partial charge in [-0.1, -0.05) is 31.2 Å². The van der Waals surface area contributed by atoms with Crippen LogP contribution in [-0.4, -0.2) is 18.9 Å². The first kappa shape index (κ1) is 17.0. The number of carbonyl (C=O) groups is 2. The Balaban J connectivity index is 1.94. The number of nitrogens with zero attached hydrogens (tertiary/aromatic N) is 1. The van der Waals surface area contributed by atoms with Crippen molar-refractivity contribution in [2.24, 2.45) is 0 Å². The van der Waals surface area contributed by atoms with Crippen molar-refractivity contribution >= 4 is 17.5 Å². The minimum absolute atomic E-state index is 0.103. The standard InChI is InChI=1S/C20H22N2O3/c1-4-14-7-10-18-17(11-14)19(21-13(2)23)20(24)22(18)12-15-5-8-16(25-3)9-6-15/h5-11,19H,4,12H2,1-3H3,(H,21,23)/t19-/m1/s1. The second-order valence-electron chi connectivity index (χ2n) is 6.15. The smallest absolute Gasteiger partial charge is 0.254 e. The highest BCUT2D eigenvalue weighted by atomic mass is 16.5. The Morgan fingerprint density at radius 2 is 1.84 bits per heavy atom. The minimum Gasteiger partial charge on any atom is -0.497 e. The molecule has 0 bridgehead atoms. The predicted octanol–water partition coefficient (Wildman–Crippen LogP) is 2.98. The predicted molar refractivity (Wildman–Crippen MR) is 96.6 cm³/mol. The molecule has 25 heavy (non-hydrogen) atoms. The van der Waals surface area contributed by atoms with E-state index in [1.807, 2.05) is 42.5 Å². The van der Waals surface area contributed by atoms with E-state index in [0.717, 1.165) is 34.5 Å². The molecule has 2 aromatic carbocycles. The first-order chi connectivity index (χ1) is 12.0.